The van der Waals surface area contributed by atoms with Crippen LogP contribution in [-0.4, -0.2) is 34.0 Å². The van der Waals surface area contributed by atoms with E-state index in [-0.39, 0.29) is 0 Å². The van der Waals surface area contributed by atoms with E-state index in [0.29, 0.717) is 0 Å². The zero-order chi connectivity index (χ0) is 11.5. The van der Waals surface area contributed by atoms with E-state index < -0.39 is 29.7 Å². The van der Waals surface area contributed by atoms with Gasteiger partial charge in [0.25, 0.3) is 0 Å². The number of aliphatic hydroxyl groups is 1. The molecule has 0 amide bonds. The Bertz CT molecular complexity index is 230. The lowest BCUT2D eigenvalue weighted by Crippen LogP contribution is -2.43. The van der Waals surface area contributed by atoms with Crippen LogP contribution in [0.2, 0.25) is 0 Å². The highest BCUT2D eigenvalue weighted by Gasteiger charge is 2.35. The Morgan fingerprint density at radius 2 is 1.79 bits per heavy atom. The molecule has 4 N–H and O–H groups in total. The number of hydrogen-bond donors (Lipinski definition) is 3. The first-order chi connectivity index (χ1) is 6.15. The molecule has 0 fully saturated rings. The number of aliphatic carboxylic acids is 1. The predicted molar refractivity (Wildman–Crippen MR) is 47.2 cm³/mol. The number of rotatable bonds is 3. The van der Waals surface area contributed by atoms with E-state index in [2.05, 4.69) is 0 Å². The molecule has 0 aromatic rings. The molecule has 2 atom stereocenters. The van der Waals surface area contributed by atoms with Crippen LogP contribution in [0, 0.1) is 5.92 Å². The fourth-order valence-electron chi connectivity index (χ4n) is 0.752. The standard InChI is InChI=1S/C8H15NO5/c1-8(2,3)14-7(13)4(5(9)10)6(11)12/h4-5,10H,9H2,1-3H3,(H,11,12)/t4-,5?/m0/s1. The summed E-state index contributed by atoms with van der Waals surface area (Å²) in [6, 6.07) is 0. The summed E-state index contributed by atoms with van der Waals surface area (Å²) in [6.45, 7) is 4.77. The van der Waals surface area contributed by atoms with Crippen molar-refractivity contribution in [3.05, 3.63) is 0 Å². The second-order valence-corrected chi connectivity index (χ2v) is 3.84. The SMILES string of the molecule is CC(C)(C)OC(=O)[C@H](C(=O)O)C(N)O. The maximum Gasteiger partial charge on any atom is 0.324 e. The molecule has 0 saturated carbocycles. The van der Waals surface area contributed by atoms with Crippen molar-refractivity contribution in [1.82, 2.24) is 0 Å². The Morgan fingerprint density at radius 1 is 1.36 bits per heavy atom. The third-order valence-electron chi connectivity index (χ3n) is 1.27. The Morgan fingerprint density at radius 3 is 2.00 bits per heavy atom. The molecule has 82 valence electrons. The van der Waals surface area contributed by atoms with Gasteiger partial charge in [0.15, 0.2) is 5.92 Å². The number of esters is 1. The topological polar surface area (TPSA) is 110 Å². The molecule has 0 rings (SSSR count). The minimum atomic E-state index is -1.76. The highest BCUT2D eigenvalue weighted by molar-refractivity contribution is 5.94. The molecule has 0 aromatic carbocycles. The smallest absolute Gasteiger partial charge is 0.324 e. The van der Waals surface area contributed by atoms with Crippen LogP contribution < -0.4 is 5.73 Å². The van der Waals surface area contributed by atoms with Gasteiger partial charge in [-0.15, -0.1) is 0 Å². The van der Waals surface area contributed by atoms with Gasteiger partial charge in [0.05, 0.1) is 0 Å². The van der Waals surface area contributed by atoms with Crippen molar-refractivity contribution >= 4 is 11.9 Å². The lowest BCUT2D eigenvalue weighted by atomic mass is 10.1. The lowest BCUT2D eigenvalue weighted by molar-refractivity contribution is -0.171. The Hall–Kier alpha value is -1.14. The molecular formula is C8H15NO5. The normalized spacial score (nSPS) is 15.8. The largest absolute Gasteiger partial charge is 0.480 e. The minimum absolute atomic E-state index is 0.806. The summed E-state index contributed by atoms with van der Waals surface area (Å²) in [7, 11) is 0. The molecule has 6 nitrogen and oxygen atoms in total. The molecule has 1 unspecified atom stereocenters. The summed E-state index contributed by atoms with van der Waals surface area (Å²) in [6.07, 6.45) is -1.76. The molecule has 0 bridgehead atoms. The summed E-state index contributed by atoms with van der Waals surface area (Å²) >= 11 is 0. The van der Waals surface area contributed by atoms with Gasteiger partial charge in [0, 0.05) is 0 Å². The second-order valence-electron chi connectivity index (χ2n) is 3.84. The van der Waals surface area contributed by atoms with Crippen molar-refractivity contribution in [2.24, 2.45) is 11.7 Å². The van der Waals surface area contributed by atoms with Gasteiger partial charge in [0.1, 0.15) is 11.8 Å². The molecule has 6 heteroatoms. The third-order valence-corrected chi connectivity index (χ3v) is 1.27. The van der Waals surface area contributed by atoms with Crippen LogP contribution in [0.5, 0.6) is 0 Å². The van der Waals surface area contributed by atoms with E-state index >= 15 is 0 Å². The molecule has 0 aliphatic rings. The summed E-state index contributed by atoms with van der Waals surface area (Å²) in [4.78, 5) is 21.7. The number of carboxylic acids is 1. The van der Waals surface area contributed by atoms with Gasteiger partial charge in [0.2, 0.25) is 0 Å². The van der Waals surface area contributed by atoms with Gasteiger partial charge < -0.3 is 20.7 Å². The van der Waals surface area contributed by atoms with Crippen molar-refractivity contribution < 1.29 is 24.5 Å². The van der Waals surface area contributed by atoms with Crippen LogP contribution in [-0.2, 0) is 14.3 Å². The molecule has 0 spiro atoms. The third kappa shape index (κ3) is 4.20. The molecule has 0 heterocycles. The number of aliphatic hydroxyl groups excluding tert-OH is 1. The first-order valence-electron chi connectivity index (χ1n) is 4.04. The molecular weight excluding hydrogens is 190 g/mol. The Labute approximate surface area is 81.7 Å². The molecule has 0 aromatic heterocycles. The zero-order valence-corrected chi connectivity index (χ0v) is 8.35. The molecule has 14 heavy (non-hydrogen) atoms. The van der Waals surface area contributed by atoms with Gasteiger partial charge in [-0.2, -0.15) is 0 Å². The van der Waals surface area contributed by atoms with Crippen molar-refractivity contribution in [1.29, 1.82) is 0 Å². The van der Waals surface area contributed by atoms with Gasteiger partial charge >= 0.3 is 11.9 Å². The predicted octanol–water partition coefficient (Wildman–Crippen LogP) is -0.694. The fraction of sp³-hybridized carbons (Fsp3) is 0.750. The fourth-order valence-corrected chi connectivity index (χ4v) is 0.752. The number of carbonyl (C=O) groups excluding carboxylic acids is 1. The first kappa shape index (κ1) is 12.9. The van der Waals surface area contributed by atoms with Gasteiger partial charge in [-0.05, 0) is 20.8 Å². The molecule has 0 aliphatic heterocycles. The van der Waals surface area contributed by atoms with Crippen LogP contribution in [0.3, 0.4) is 0 Å². The van der Waals surface area contributed by atoms with Gasteiger partial charge in [-0.3, -0.25) is 9.59 Å². The molecule has 0 aliphatic carbocycles. The lowest BCUT2D eigenvalue weighted by Gasteiger charge is -2.23. The molecule has 0 radical (unpaired) electrons. The highest BCUT2D eigenvalue weighted by atomic mass is 16.6. The Balaban J connectivity index is 4.55. The number of nitrogens with two attached hydrogens (primary N) is 1. The number of ether oxygens (including phenoxy) is 1. The number of carbonyl (C=O) groups is 2. The van der Waals surface area contributed by atoms with Crippen molar-refractivity contribution in [2.75, 3.05) is 0 Å². The Kier molecular flexibility index (Phi) is 4.03. The van der Waals surface area contributed by atoms with Crippen molar-refractivity contribution in [2.45, 2.75) is 32.6 Å². The summed E-state index contributed by atoms with van der Waals surface area (Å²) < 4.78 is 4.76. The van der Waals surface area contributed by atoms with Crippen LogP contribution in [0.25, 0.3) is 0 Å². The van der Waals surface area contributed by atoms with Crippen LogP contribution >= 0.6 is 0 Å². The maximum absolute atomic E-state index is 11.2. The zero-order valence-electron chi connectivity index (χ0n) is 8.35. The van der Waals surface area contributed by atoms with E-state index in [1.807, 2.05) is 0 Å². The average molecular weight is 205 g/mol. The number of carboxylic acid groups (broad SMARTS) is 1. The second kappa shape index (κ2) is 4.39. The highest BCUT2D eigenvalue weighted by Crippen LogP contribution is 2.12. The van der Waals surface area contributed by atoms with E-state index in [1.54, 1.807) is 20.8 Å². The van der Waals surface area contributed by atoms with E-state index in [4.69, 9.17) is 20.7 Å². The van der Waals surface area contributed by atoms with Crippen molar-refractivity contribution in [3.8, 4) is 0 Å². The average Bonchev–Trinajstić information content (AvgIpc) is 1.78. The van der Waals surface area contributed by atoms with Crippen LogP contribution in [0.15, 0.2) is 0 Å². The van der Waals surface area contributed by atoms with Gasteiger partial charge in [-0.25, -0.2) is 0 Å². The van der Waals surface area contributed by atoms with Crippen LogP contribution in [0.1, 0.15) is 20.8 Å². The number of hydrogen-bond acceptors (Lipinski definition) is 5. The van der Waals surface area contributed by atoms with Crippen molar-refractivity contribution in [3.63, 3.8) is 0 Å². The summed E-state index contributed by atoms with van der Waals surface area (Å²) in [5, 5.41) is 17.4. The minimum Gasteiger partial charge on any atom is -0.480 e. The first-order valence-corrected chi connectivity index (χ1v) is 4.04. The van der Waals surface area contributed by atoms with E-state index in [0.717, 1.165) is 0 Å². The molecule has 0 saturated heterocycles. The quantitative estimate of drug-likeness (QED) is 0.319. The monoisotopic (exact) mass is 205 g/mol. The van der Waals surface area contributed by atoms with Crippen LogP contribution in [0.4, 0.5) is 0 Å². The summed E-state index contributed by atoms with van der Waals surface area (Å²) in [5.41, 5.74) is 4.13. The van der Waals surface area contributed by atoms with Gasteiger partial charge in [-0.1, -0.05) is 0 Å². The van der Waals surface area contributed by atoms with E-state index in [9.17, 15) is 9.59 Å². The maximum atomic E-state index is 11.2. The van der Waals surface area contributed by atoms with E-state index in [1.165, 1.54) is 0 Å². The summed E-state index contributed by atoms with van der Waals surface area (Å²) in [5.74, 6) is -4.29.